The summed E-state index contributed by atoms with van der Waals surface area (Å²) in [5, 5.41) is 8.50. The van der Waals surface area contributed by atoms with Crippen molar-refractivity contribution in [1.29, 1.82) is 0 Å². The maximum atomic E-state index is 8.50. The van der Waals surface area contributed by atoms with Crippen molar-refractivity contribution in [2.24, 2.45) is 0 Å². The molecule has 0 aromatic heterocycles. The van der Waals surface area contributed by atoms with E-state index in [9.17, 15) is 0 Å². The predicted octanol–water partition coefficient (Wildman–Crippen LogP) is 1.78. The van der Waals surface area contributed by atoms with Crippen molar-refractivity contribution >= 4 is 11.8 Å². The molecule has 0 aliphatic carbocycles. The second-order valence-corrected chi connectivity index (χ2v) is 3.13. The van der Waals surface area contributed by atoms with Gasteiger partial charge < -0.3 is 9.84 Å². The van der Waals surface area contributed by atoms with E-state index in [2.05, 4.69) is 0 Å². The quantitative estimate of drug-likeness (QED) is 0.723. The van der Waals surface area contributed by atoms with Gasteiger partial charge in [-0.3, -0.25) is 0 Å². The lowest BCUT2D eigenvalue weighted by Crippen LogP contribution is -2.01. The summed E-state index contributed by atoms with van der Waals surface area (Å²) in [6.07, 6.45) is 2.03. The Hall–Kier alpha value is -0.670. The maximum absolute atomic E-state index is 8.50. The highest BCUT2D eigenvalue weighted by molar-refractivity contribution is 7.98. The molecule has 0 atom stereocenters. The summed E-state index contributed by atoms with van der Waals surface area (Å²) >= 11 is 1.70. The summed E-state index contributed by atoms with van der Waals surface area (Å²) in [7, 11) is 0. The fourth-order valence-corrected chi connectivity index (χ4v) is 1.24. The molecule has 2 nitrogen and oxygen atoms in total. The lowest BCUT2D eigenvalue weighted by atomic mass is 10.3. The van der Waals surface area contributed by atoms with Crippen molar-refractivity contribution in [3.05, 3.63) is 24.3 Å². The fourth-order valence-electron chi connectivity index (χ4n) is 0.835. The molecule has 0 aliphatic heterocycles. The third-order valence-corrected chi connectivity index (χ3v) is 2.16. The highest BCUT2D eigenvalue weighted by Crippen LogP contribution is 2.18. The second-order valence-electron chi connectivity index (χ2n) is 2.25. The van der Waals surface area contributed by atoms with Gasteiger partial charge in [-0.2, -0.15) is 0 Å². The molecule has 0 saturated carbocycles. The number of hydrogen-bond acceptors (Lipinski definition) is 3. The highest BCUT2D eigenvalue weighted by atomic mass is 32.2. The van der Waals surface area contributed by atoms with E-state index in [0.29, 0.717) is 6.61 Å². The van der Waals surface area contributed by atoms with Crippen molar-refractivity contribution in [3.63, 3.8) is 0 Å². The molecule has 12 heavy (non-hydrogen) atoms. The van der Waals surface area contributed by atoms with Crippen LogP contribution in [0.2, 0.25) is 0 Å². The van der Waals surface area contributed by atoms with Crippen LogP contribution in [0.1, 0.15) is 0 Å². The number of thioether (sulfide) groups is 1. The monoisotopic (exact) mass is 184 g/mol. The van der Waals surface area contributed by atoms with Crippen molar-refractivity contribution in [2.45, 2.75) is 4.90 Å². The third kappa shape index (κ3) is 2.75. The van der Waals surface area contributed by atoms with Crippen LogP contribution in [-0.4, -0.2) is 24.6 Å². The molecule has 0 unspecified atom stereocenters. The van der Waals surface area contributed by atoms with Gasteiger partial charge in [0.25, 0.3) is 0 Å². The Morgan fingerprint density at radius 1 is 1.33 bits per heavy atom. The van der Waals surface area contributed by atoms with Crippen LogP contribution in [0.25, 0.3) is 0 Å². The minimum atomic E-state index is 0.0598. The molecule has 66 valence electrons. The molecule has 1 aromatic carbocycles. The average Bonchev–Trinajstić information content (AvgIpc) is 2.15. The first-order valence-corrected chi connectivity index (χ1v) is 4.97. The van der Waals surface area contributed by atoms with Gasteiger partial charge in [0.15, 0.2) is 0 Å². The lowest BCUT2D eigenvalue weighted by molar-refractivity contribution is 0.201. The van der Waals surface area contributed by atoms with E-state index in [1.807, 2.05) is 30.5 Å². The molecule has 0 saturated heterocycles. The van der Waals surface area contributed by atoms with Crippen LogP contribution in [0.15, 0.2) is 29.2 Å². The standard InChI is InChI=1S/C9H12O2S/c1-12-9-4-2-8(3-5-9)11-7-6-10/h2-5,10H,6-7H2,1H3. The van der Waals surface area contributed by atoms with E-state index in [1.54, 1.807) is 11.8 Å². The number of aliphatic hydroxyl groups is 1. The number of rotatable bonds is 4. The normalized spacial score (nSPS) is 9.83. The van der Waals surface area contributed by atoms with E-state index < -0.39 is 0 Å². The van der Waals surface area contributed by atoms with Crippen LogP contribution in [0.4, 0.5) is 0 Å². The third-order valence-electron chi connectivity index (χ3n) is 1.42. The Morgan fingerprint density at radius 2 is 2.00 bits per heavy atom. The van der Waals surface area contributed by atoms with E-state index in [0.717, 1.165) is 5.75 Å². The predicted molar refractivity (Wildman–Crippen MR) is 50.8 cm³/mol. The highest BCUT2D eigenvalue weighted by Gasteiger charge is 1.92. The van der Waals surface area contributed by atoms with Crippen LogP contribution in [0, 0.1) is 0 Å². The molecule has 0 radical (unpaired) electrons. The first-order valence-electron chi connectivity index (χ1n) is 3.74. The van der Waals surface area contributed by atoms with Gasteiger partial charge in [-0.25, -0.2) is 0 Å². The Kier molecular flexibility index (Phi) is 3.97. The van der Waals surface area contributed by atoms with E-state index in [4.69, 9.17) is 9.84 Å². The van der Waals surface area contributed by atoms with Gasteiger partial charge in [-0.1, -0.05) is 0 Å². The number of aliphatic hydroxyl groups excluding tert-OH is 1. The van der Waals surface area contributed by atoms with Gasteiger partial charge in [-0.15, -0.1) is 11.8 Å². The Balaban J connectivity index is 2.53. The molecule has 3 heteroatoms. The molecule has 1 rings (SSSR count). The van der Waals surface area contributed by atoms with Crippen LogP contribution in [0.5, 0.6) is 5.75 Å². The summed E-state index contributed by atoms with van der Waals surface area (Å²) in [4.78, 5) is 1.21. The van der Waals surface area contributed by atoms with Gasteiger partial charge in [0.1, 0.15) is 12.4 Å². The molecule has 1 aromatic rings. The molecule has 0 heterocycles. The molecule has 0 aliphatic rings. The Bertz CT molecular complexity index is 220. The average molecular weight is 184 g/mol. The van der Waals surface area contributed by atoms with Gasteiger partial charge in [-0.05, 0) is 30.5 Å². The summed E-state index contributed by atoms with van der Waals surface area (Å²) in [5.41, 5.74) is 0. The first kappa shape index (κ1) is 9.42. The summed E-state index contributed by atoms with van der Waals surface area (Å²) < 4.78 is 5.20. The van der Waals surface area contributed by atoms with Crippen LogP contribution >= 0.6 is 11.8 Å². The minimum Gasteiger partial charge on any atom is -0.491 e. The zero-order valence-corrected chi connectivity index (χ0v) is 7.80. The van der Waals surface area contributed by atoms with Gasteiger partial charge in [0.05, 0.1) is 6.61 Å². The summed E-state index contributed by atoms with van der Waals surface area (Å²) in [6.45, 7) is 0.420. The number of hydrogen-bond donors (Lipinski definition) is 1. The lowest BCUT2D eigenvalue weighted by Gasteiger charge is -2.03. The molecule has 1 N–H and O–H groups in total. The number of benzene rings is 1. The Morgan fingerprint density at radius 3 is 2.50 bits per heavy atom. The smallest absolute Gasteiger partial charge is 0.119 e. The van der Waals surface area contributed by atoms with Crippen molar-refractivity contribution in [3.8, 4) is 5.75 Å². The fraction of sp³-hybridized carbons (Fsp3) is 0.333. The van der Waals surface area contributed by atoms with Gasteiger partial charge in [0.2, 0.25) is 0 Å². The summed E-state index contributed by atoms with van der Waals surface area (Å²) in [5.74, 6) is 0.807. The van der Waals surface area contributed by atoms with Crippen molar-refractivity contribution in [2.75, 3.05) is 19.5 Å². The largest absolute Gasteiger partial charge is 0.491 e. The second kappa shape index (κ2) is 5.06. The minimum absolute atomic E-state index is 0.0598. The van der Waals surface area contributed by atoms with E-state index in [1.165, 1.54) is 4.90 Å². The molecule has 0 bridgehead atoms. The van der Waals surface area contributed by atoms with Crippen LogP contribution in [0.3, 0.4) is 0 Å². The molecule has 0 spiro atoms. The zero-order valence-electron chi connectivity index (χ0n) is 6.99. The van der Waals surface area contributed by atoms with Gasteiger partial charge in [0, 0.05) is 4.90 Å². The van der Waals surface area contributed by atoms with Crippen molar-refractivity contribution < 1.29 is 9.84 Å². The maximum Gasteiger partial charge on any atom is 0.119 e. The van der Waals surface area contributed by atoms with E-state index in [-0.39, 0.29) is 6.61 Å². The number of ether oxygens (including phenoxy) is 1. The summed E-state index contributed by atoms with van der Waals surface area (Å²) in [6, 6.07) is 7.80. The molecular formula is C9H12O2S. The Labute approximate surface area is 76.6 Å². The van der Waals surface area contributed by atoms with Crippen LogP contribution in [-0.2, 0) is 0 Å². The molecule has 0 fully saturated rings. The van der Waals surface area contributed by atoms with Crippen molar-refractivity contribution in [1.82, 2.24) is 0 Å². The van der Waals surface area contributed by atoms with Gasteiger partial charge >= 0.3 is 0 Å². The molecular weight excluding hydrogens is 172 g/mol. The van der Waals surface area contributed by atoms with E-state index >= 15 is 0 Å². The van der Waals surface area contributed by atoms with Crippen LogP contribution < -0.4 is 4.74 Å². The molecule has 0 amide bonds. The SMILES string of the molecule is CSc1ccc(OCCO)cc1. The first-order chi connectivity index (χ1) is 5.86. The zero-order chi connectivity index (χ0) is 8.81. The topological polar surface area (TPSA) is 29.5 Å².